The first kappa shape index (κ1) is 11.8. The van der Waals surface area contributed by atoms with Crippen molar-refractivity contribution in [1.29, 1.82) is 0 Å². The average Bonchev–Trinajstić information content (AvgIpc) is 2.66. The Hall–Kier alpha value is -0.630. The Morgan fingerprint density at radius 3 is 2.44 bits per heavy atom. The van der Waals surface area contributed by atoms with Crippen molar-refractivity contribution in [2.75, 3.05) is 13.1 Å². The number of nitrogens with zero attached hydrogens (tertiary/aromatic N) is 1. The summed E-state index contributed by atoms with van der Waals surface area (Å²) in [6, 6.07) is 6.88. The number of rotatable bonds is 2. The number of halogens is 1. The largest absolute Gasteiger partial charge is 0.330 e. The number of amidine groups is 1. The van der Waals surface area contributed by atoms with Crippen molar-refractivity contribution < 1.29 is 12.4 Å². The number of nitrogens with one attached hydrogen (secondary N) is 1. The minimum Gasteiger partial charge on any atom is -0.274 e. The van der Waals surface area contributed by atoms with Crippen LogP contribution in [0.5, 0.6) is 0 Å². The van der Waals surface area contributed by atoms with Gasteiger partial charge in [0.25, 0.3) is 5.84 Å². The molecule has 4 nitrogen and oxygen atoms in total. The fraction of sp³-hybridized carbons (Fsp3) is 0.300. The van der Waals surface area contributed by atoms with Gasteiger partial charge in [-0.15, -0.1) is 3.98 Å². The molecule has 0 unspecified atom stereocenters. The van der Waals surface area contributed by atoms with E-state index in [2.05, 4.69) is 27.9 Å². The molecule has 0 fully saturated rings. The molecule has 1 aromatic carbocycles. The van der Waals surface area contributed by atoms with Gasteiger partial charge in [-0.2, -0.15) is 8.42 Å². The van der Waals surface area contributed by atoms with E-state index in [0.29, 0.717) is 23.8 Å². The van der Waals surface area contributed by atoms with Crippen LogP contribution in [0, 0.1) is 3.57 Å². The Kier molecular flexibility index (Phi) is 3.20. The second kappa shape index (κ2) is 4.33. The van der Waals surface area contributed by atoms with E-state index in [-0.39, 0.29) is 0 Å². The van der Waals surface area contributed by atoms with Crippen LogP contribution in [-0.2, 0) is 10.0 Å². The first-order chi connectivity index (χ1) is 7.51. The third-order valence-corrected chi connectivity index (χ3v) is 5.10. The highest BCUT2D eigenvalue weighted by Crippen LogP contribution is 2.15. The maximum atomic E-state index is 12.2. The molecular formula is C10H12IN2O2S+. The minimum absolute atomic E-state index is 0.343. The molecule has 0 aliphatic carbocycles. The zero-order chi connectivity index (χ0) is 11.8. The lowest BCUT2D eigenvalue weighted by Crippen LogP contribution is -2.25. The normalized spacial score (nSPS) is 16.4. The maximum Gasteiger partial charge on any atom is 0.330 e. The van der Waals surface area contributed by atoms with E-state index in [1.54, 1.807) is 31.2 Å². The molecule has 0 amide bonds. The monoisotopic (exact) mass is 351 g/mol. The van der Waals surface area contributed by atoms with Gasteiger partial charge in [-0.1, -0.05) is 0 Å². The Labute approximate surface area is 109 Å². The van der Waals surface area contributed by atoms with E-state index >= 15 is 0 Å². The molecule has 0 spiro atoms. The minimum atomic E-state index is -3.37. The third kappa shape index (κ3) is 2.08. The van der Waals surface area contributed by atoms with Crippen molar-refractivity contribution in [3.63, 3.8) is 0 Å². The highest BCUT2D eigenvalue weighted by Gasteiger charge is 2.30. The van der Waals surface area contributed by atoms with E-state index < -0.39 is 10.0 Å². The fourth-order valence-corrected chi connectivity index (χ4v) is 3.48. The molecule has 0 radical (unpaired) electrons. The zero-order valence-electron chi connectivity index (χ0n) is 8.77. The van der Waals surface area contributed by atoms with E-state index in [9.17, 15) is 8.42 Å². The highest BCUT2D eigenvalue weighted by molar-refractivity contribution is 14.1. The molecule has 6 heteroatoms. The van der Waals surface area contributed by atoms with Crippen molar-refractivity contribution in [2.24, 2.45) is 0 Å². The van der Waals surface area contributed by atoms with Crippen molar-refractivity contribution in [2.45, 2.75) is 11.8 Å². The molecule has 1 aromatic rings. The van der Waals surface area contributed by atoms with Gasteiger partial charge in [0.05, 0.1) is 0 Å². The summed E-state index contributed by atoms with van der Waals surface area (Å²) in [4.78, 5) is 0.343. The number of sulfonamides is 1. The summed E-state index contributed by atoms with van der Waals surface area (Å²) in [5, 5.41) is 3.02. The lowest BCUT2D eigenvalue weighted by atomic mass is 10.4. The van der Waals surface area contributed by atoms with Gasteiger partial charge in [0.15, 0.2) is 0 Å². The van der Waals surface area contributed by atoms with Gasteiger partial charge in [0.1, 0.15) is 18.0 Å². The number of hydrogen-bond donors (Lipinski definition) is 1. The molecule has 0 bridgehead atoms. The maximum absolute atomic E-state index is 12.2. The first-order valence-electron chi connectivity index (χ1n) is 4.87. The highest BCUT2D eigenvalue weighted by atomic mass is 127. The van der Waals surface area contributed by atoms with Crippen molar-refractivity contribution in [3.05, 3.63) is 27.8 Å². The summed E-state index contributed by atoms with van der Waals surface area (Å²) in [5.41, 5.74) is 0. The van der Waals surface area contributed by atoms with Crippen LogP contribution in [0.1, 0.15) is 6.92 Å². The quantitative estimate of drug-likeness (QED) is 0.639. The van der Waals surface area contributed by atoms with Crippen LogP contribution in [-0.4, -0.2) is 31.3 Å². The predicted molar refractivity (Wildman–Crippen MR) is 70.2 cm³/mol. The van der Waals surface area contributed by atoms with E-state index in [1.807, 2.05) is 0 Å². The average molecular weight is 351 g/mol. The Bertz CT molecular complexity index is 534. The van der Waals surface area contributed by atoms with Gasteiger partial charge in [0, 0.05) is 10.5 Å². The zero-order valence-corrected chi connectivity index (χ0v) is 11.7. The molecule has 2 rings (SSSR count). The molecule has 1 aliphatic heterocycles. The van der Waals surface area contributed by atoms with Gasteiger partial charge < -0.3 is 0 Å². The van der Waals surface area contributed by atoms with Gasteiger partial charge in [-0.3, -0.25) is 5.32 Å². The molecule has 86 valence electrons. The SMILES string of the molecule is CC1=[N+](S(=O)(=O)c2ccc(I)cc2)CCN1. The van der Waals surface area contributed by atoms with Crippen LogP contribution in [0.15, 0.2) is 29.2 Å². The van der Waals surface area contributed by atoms with Gasteiger partial charge in [0.2, 0.25) is 0 Å². The van der Waals surface area contributed by atoms with Gasteiger partial charge in [-0.25, -0.2) is 0 Å². The predicted octanol–water partition coefficient (Wildman–Crippen LogP) is 1.01. The lowest BCUT2D eigenvalue weighted by molar-refractivity contribution is -0.353. The van der Waals surface area contributed by atoms with Crippen molar-refractivity contribution in [3.8, 4) is 0 Å². The van der Waals surface area contributed by atoms with Crippen LogP contribution in [0.3, 0.4) is 0 Å². The summed E-state index contributed by atoms with van der Waals surface area (Å²) in [5.74, 6) is 0.693. The van der Waals surface area contributed by atoms with Gasteiger partial charge in [-0.05, 0) is 46.9 Å². The number of benzene rings is 1. The van der Waals surface area contributed by atoms with Crippen molar-refractivity contribution in [1.82, 2.24) is 5.32 Å². The Morgan fingerprint density at radius 1 is 1.31 bits per heavy atom. The smallest absolute Gasteiger partial charge is 0.274 e. The van der Waals surface area contributed by atoms with E-state index in [0.717, 1.165) is 3.57 Å². The van der Waals surface area contributed by atoms with E-state index in [1.165, 1.54) is 3.98 Å². The second-order valence-electron chi connectivity index (χ2n) is 3.54. The molecule has 0 atom stereocenters. The summed E-state index contributed by atoms with van der Waals surface area (Å²) < 4.78 is 26.9. The molecule has 0 saturated heterocycles. The summed E-state index contributed by atoms with van der Waals surface area (Å²) in [6.45, 7) is 2.95. The summed E-state index contributed by atoms with van der Waals surface area (Å²) in [7, 11) is -3.37. The molecule has 0 saturated carbocycles. The molecule has 16 heavy (non-hydrogen) atoms. The standard InChI is InChI=1S/C10H11IN2O2S/c1-8-12-6-7-13(8)16(14,15)10-4-2-9(11)3-5-10/h2-5H,6-7H2,1H3/p+1. The number of hydrogen-bond acceptors (Lipinski definition) is 3. The van der Waals surface area contributed by atoms with Crippen LogP contribution in [0.4, 0.5) is 0 Å². The summed E-state index contributed by atoms with van der Waals surface area (Å²) >= 11 is 2.15. The van der Waals surface area contributed by atoms with Crippen molar-refractivity contribution >= 4 is 38.4 Å². The Morgan fingerprint density at radius 2 is 1.94 bits per heavy atom. The second-order valence-corrected chi connectivity index (χ2v) is 6.65. The molecule has 1 N–H and O–H groups in total. The molecule has 1 heterocycles. The third-order valence-electron chi connectivity index (χ3n) is 2.47. The summed E-state index contributed by atoms with van der Waals surface area (Å²) in [6.07, 6.45) is 0. The fourth-order valence-electron chi connectivity index (χ4n) is 1.63. The topological polar surface area (TPSA) is 49.2 Å². The molecule has 1 aliphatic rings. The molecular weight excluding hydrogens is 339 g/mol. The first-order valence-corrected chi connectivity index (χ1v) is 7.39. The van der Waals surface area contributed by atoms with Crippen LogP contribution >= 0.6 is 22.6 Å². The van der Waals surface area contributed by atoms with Crippen LogP contribution in [0.2, 0.25) is 0 Å². The lowest BCUT2D eigenvalue weighted by Gasteiger charge is -2.04. The molecule has 0 aromatic heterocycles. The van der Waals surface area contributed by atoms with Gasteiger partial charge >= 0.3 is 10.0 Å². The Balaban J connectivity index is 2.47. The van der Waals surface area contributed by atoms with Crippen LogP contribution in [0.25, 0.3) is 0 Å². The van der Waals surface area contributed by atoms with Crippen LogP contribution < -0.4 is 5.32 Å². The van der Waals surface area contributed by atoms with E-state index in [4.69, 9.17) is 0 Å².